The predicted molar refractivity (Wildman–Crippen MR) is 78.3 cm³/mol. The zero-order valence-corrected chi connectivity index (χ0v) is 11.9. The Labute approximate surface area is 120 Å². The van der Waals surface area contributed by atoms with Crippen LogP contribution in [0.3, 0.4) is 0 Å². The van der Waals surface area contributed by atoms with Crippen molar-refractivity contribution in [2.45, 2.75) is 51.2 Å². The third-order valence-electron chi connectivity index (χ3n) is 4.52. The van der Waals surface area contributed by atoms with Gasteiger partial charge in [-0.2, -0.15) is 0 Å². The van der Waals surface area contributed by atoms with Gasteiger partial charge in [0.2, 0.25) is 5.91 Å². The second-order valence-corrected chi connectivity index (χ2v) is 6.06. The van der Waals surface area contributed by atoms with Crippen LogP contribution in [0.4, 0.5) is 0 Å². The lowest BCUT2D eigenvalue weighted by molar-refractivity contribution is -0.122. The van der Waals surface area contributed by atoms with Crippen molar-refractivity contribution >= 4 is 5.91 Å². The Morgan fingerprint density at radius 2 is 1.95 bits per heavy atom. The molecule has 1 fully saturated rings. The van der Waals surface area contributed by atoms with E-state index in [-0.39, 0.29) is 12.0 Å². The highest BCUT2D eigenvalue weighted by atomic mass is 16.5. The molecule has 1 saturated carbocycles. The number of rotatable bonds is 4. The average molecular weight is 273 g/mol. The maximum Gasteiger partial charge on any atom is 0.220 e. The van der Waals surface area contributed by atoms with Crippen LogP contribution in [0.1, 0.15) is 43.2 Å². The van der Waals surface area contributed by atoms with E-state index in [4.69, 9.17) is 4.74 Å². The number of hydrogen-bond acceptors (Lipinski definition) is 2. The third kappa shape index (κ3) is 3.40. The molecule has 1 amide bonds. The van der Waals surface area contributed by atoms with Gasteiger partial charge >= 0.3 is 0 Å². The van der Waals surface area contributed by atoms with Gasteiger partial charge in [0.1, 0.15) is 0 Å². The topological polar surface area (TPSA) is 38.3 Å². The van der Waals surface area contributed by atoms with E-state index < -0.39 is 0 Å². The minimum Gasteiger partial charge on any atom is -0.371 e. The van der Waals surface area contributed by atoms with Gasteiger partial charge in [-0.3, -0.25) is 4.79 Å². The summed E-state index contributed by atoms with van der Waals surface area (Å²) in [5.41, 5.74) is 2.63. The molecule has 2 aliphatic rings. The molecule has 0 aromatic heterocycles. The summed E-state index contributed by atoms with van der Waals surface area (Å²) in [4.78, 5) is 11.9. The first-order valence-electron chi connectivity index (χ1n) is 7.76. The van der Waals surface area contributed by atoms with E-state index in [0.717, 1.165) is 6.42 Å². The maximum absolute atomic E-state index is 11.9. The Morgan fingerprint density at radius 1 is 1.20 bits per heavy atom. The Bertz CT molecular complexity index is 466. The fourth-order valence-corrected chi connectivity index (χ4v) is 3.32. The molecule has 0 spiro atoms. The number of hydrogen-bond donors (Lipinski definition) is 1. The van der Waals surface area contributed by atoms with Crippen molar-refractivity contribution in [1.29, 1.82) is 0 Å². The second kappa shape index (κ2) is 6.40. The van der Waals surface area contributed by atoms with Gasteiger partial charge in [-0.05, 0) is 29.9 Å². The molecular formula is C17H23NO2. The van der Waals surface area contributed by atoms with E-state index in [1.165, 1.54) is 36.8 Å². The maximum atomic E-state index is 11.9. The zero-order chi connectivity index (χ0) is 13.8. The number of carbonyl (C=O) groups is 1. The molecule has 1 aromatic carbocycles. The molecule has 0 saturated heterocycles. The number of nitrogens with one attached hydrogen (secondary N) is 1. The monoisotopic (exact) mass is 273 g/mol. The molecule has 3 heteroatoms. The summed E-state index contributed by atoms with van der Waals surface area (Å²) in [5, 5.41) is 3.05. The van der Waals surface area contributed by atoms with Crippen LogP contribution in [0.15, 0.2) is 24.3 Å². The van der Waals surface area contributed by atoms with Crippen molar-refractivity contribution in [3.8, 4) is 0 Å². The summed E-state index contributed by atoms with van der Waals surface area (Å²) < 4.78 is 5.81. The van der Waals surface area contributed by atoms with Crippen LogP contribution in [0.2, 0.25) is 0 Å². The minimum absolute atomic E-state index is 0.123. The Morgan fingerprint density at radius 3 is 2.75 bits per heavy atom. The molecule has 3 nitrogen and oxygen atoms in total. The molecule has 20 heavy (non-hydrogen) atoms. The highest BCUT2D eigenvalue weighted by Crippen LogP contribution is 2.27. The number of carbonyl (C=O) groups excluding carboxylic acids is 1. The fraction of sp³-hybridized carbons (Fsp3) is 0.588. The fourth-order valence-electron chi connectivity index (χ4n) is 3.32. The molecule has 1 unspecified atom stereocenters. The quantitative estimate of drug-likeness (QED) is 0.916. The molecule has 1 N–H and O–H groups in total. The molecule has 1 aliphatic carbocycles. The van der Waals surface area contributed by atoms with E-state index in [1.54, 1.807) is 0 Å². The van der Waals surface area contributed by atoms with Crippen LogP contribution in [0, 0.1) is 5.92 Å². The Balaban J connectivity index is 1.44. The van der Waals surface area contributed by atoms with Gasteiger partial charge in [-0.25, -0.2) is 0 Å². The van der Waals surface area contributed by atoms with Crippen molar-refractivity contribution < 1.29 is 9.53 Å². The van der Waals surface area contributed by atoms with Crippen LogP contribution in [0.25, 0.3) is 0 Å². The van der Waals surface area contributed by atoms with Crippen molar-refractivity contribution in [1.82, 2.24) is 5.32 Å². The van der Waals surface area contributed by atoms with E-state index in [0.29, 0.717) is 25.5 Å². The molecule has 3 rings (SSSR count). The SMILES string of the molecule is O=C(CC1CCCC1)NCC1Cc2ccccc2CO1. The van der Waals surface area contributed by atoms with Crippen LogP contribution >= 0.6 is 0 Å². The Kier molecular flexibility index (Phi) is 4.36. The lowest BCUT2D eigenvalue weighted by atomic mass is 9.99. The summed E-state index contributed by atoms with van der Waals surface area (Å²) in [6.45, 7) is 1.30. The van der Waals surface area contributed by atoms with Gasteiger partial charge in [0.15, 0.2) is 0 Å². The van der Waals surface area contributed by atoms with Crippen molar-refractivity contribution in [3.05, 3.63) is 35.4 Å². The molecule has 0 radical (unpaired) electrons. The van der Waals surface area contributed by atoms with Crippen molar-refractivity contribution in [2.75, 3.05) is 6.54 Å². The Hall–Kier alpha value is -1.35. The van der Waals surface area contributed by atoms with Crippen molar-refractivity contribution in [2.24, 2.45) is 5.92 Å². The summed E-state index contributed by atoms with van der Waals surface area (Å²) in [6, 6.07) is 8.39. The predicted octanol–water partition coefficient (Wildman–Crippen LogP) is 2.82. The lowest BCUT2D eigenvalue weighted by Crippen LogP contribution is -2.37. The highest BCUT2D eigenvalue weighted by molar-refractivity contribution is 5.76. The van der Waals surface area contributed by atoms with Gasteiger partial charge < -0.3 is 10.1 Å². The number of benzene rings is 1. The minimum atomic E-state index is 0.123. The first-order chi connectivity index (χ1) is 9.81. The van der Waals surface area contributed by atoms with Crippen LogP contribution in [-0.4, -0.2) is 18.6 Å². The smallest absolute Gasteiger partial charge is 0.220 e. The van der Waals surface area contributed by atoms with E-state index in [2.05, 4.69) is 23.5 Å². The lowest BCUT2D eigenvalue weighted by Gasteiger charge is -2.25. The summed E-state index contributed by atoms with van der Waals surface area (Å²) in [5.74, 6) is 0.808. The molecule has 1 heterocycles. The van der Waals surface area contributed by atoms with E-state index in [1.807, 2.05) is 6.07 Å². The zero-order valence-electron chi connectivity index (χ0n) is 11.9. The van der Waals surface area contributed by atoms with Crippen molar-refractivity contribution in [3.63, 3.8) is 0 Å². The van der Waals surface area contributed by atoms with Gasteiger partial charge in [0, 0.05) is 19.4 Å². The number of ether oxygens (including phenoxy) is 1. The number of fused-ring (bicyclic) bond motifs is 1. The standard InChI is InChI=1S/C17H23NO2/c19-17(9-13-5-1-2-6-13)18-11-16-10-14-7-3-4-8-15(14)12-20-16/h3-4,7-8,13,16H,1-2,5-6,9-12H2,(H,18,19). The highest BCUT2D eigenvalue weighted by Gasteiger charge is 2.21. The summed E-state index contributed by atoms with van der Waals surface area (Å²) in [7, 11) is 0. The normalized spacial score (nSPS) is 22.5. The molecular weight excluding hydrogens is 250 g/mol. The molecule has 0 bridgehead atoms. The summed E-state index contributed by atoms with van der Waals surface area (Å²) in [6.07, 6.45) is 6.75. The third-order valence-corrected chi connectivity index (χ3v) is 4.52. The average Bonchev–Trinajstić information content (AvgIpc) is 2.98. The van der Waals surface area contributed by atoms with Crippen LogP contribution in [0.5, 0.6) is 0 Å². The molecule has 1 atom stereocenters. The van der Waals surface area contributed by atoms with Gasteiger partial charge in [0.25, 0.3) is 0 Å². The van der Waals surface area contributed by atoms with Crippen LogP contribution < -0.4 is 5.32 Å². The first kappa shape index (κ1) is 13.6. The molecule has 1 aromatic rings. The van der Waals surface area contributed by atoms with Gasteiger partial charge in [-0.15, -0.1) is 0 Å². The van der Waals surface area contributed by atoms with E-state index >= 15 is 0 Å². The summed E-state index contributed by atoms with van der Waals surface area (Å²) >= 11 is 0. The number of amides is 1. The molecule has 1 aliphatic heterocycles. The van der Waals surface area contributed by atoms with Gasteiger partial charge in [0.05, 0.1) is 12.7 Å². The van der Waals surface area contributed by atoms with Gasteiger partial charge in [-0.1, -0.05) is 37.1 Å². The van der Waals surface area contributed by atoms with Crippen LogP contribution in [-0.2, 0) is 22.6 Å². The first-order valence-corrected chi connectivity index (χ1v) is 7.76. The second-order valence-electron chi connectivity index (χ2n) is 6.06. The largest absolute Gasteiger partial charge is 0.371 e. The molecule has 108 valence electrons. The van der Waals surface area contributed by atoms with E-state index in [9.17, 15) is 4.79 Å².